The fourth-order valence-corrected chi connectivity index (χ4v) is 7.43. The van der Waals surface area contributed by atoms with E-state index >= 15 is 0 Å². The molecule has 0 spiro atoms. The van der Waals surface area contributed by atoms with Crippen LogP contribution in [0.5, 0.6) is 0 Å². The van der Waals surface area contributed by atoms with E-state index in [0.29, 0.717) is 5.89 Å². The lowest BCUT2D eigenvalue weighted by Gasteiger charge is -2.27. The number of nitrogens with zero attached hydrogens (tertiary/aromatic N) is 3. The molecule has 0 bridgehead atoms. The van der Waals surface area contributed by atoms with Crippen molar-refractivity contribution in [3.63, 3.8) is 0 Å². The fourth-order valence-electron chi connectivity index (χ4n) is 7.43. The van der Waals surface area contributed by atoms with Gasteiger partial charge in [0.25, 0.3) is 0 Å². The molecule has 10 aromatic rings. The molecule has 2 heterocycles. The van der Waals surface area contributed by atoms with Crippen molar-refractivity contribution in [3.05, 3.63) is 188 Å². The van der Waals surface area contributed by atoms with Crippen LogP contribution in [0.25, 0.3) is 71.9 Å². The summed E-state index contributed by atoms with van der Waals surface area (Å²) in [7, 11) is 0. The molecule has 0 amide bonds. The van der Waals surface area contributed by atoms with E-state index in [2.05, 4.69) is 167 Å². The molecule has 8 aromatic carbocycles. The van der Waals surface area contributed by atoms with Gasteiger partial charge in [0.05, 0.1) is 16.7 Å². The first kappa shape index (κ1) is 29.0. The van der Waals surface area contributed by atoms with Crippen LogP contribution < -0.4 is 4.90 Å². The molecular formula is C47H31N3O. The van der Waals surface area contributed by atoms with E-state index in [1.807, 2.05) is 30.3 Å². The highest BCUT2D eigenvalue weighted by Crippen LogP contribution is 2.45. The molecule has 4 heteroatoms. The van der Waals surface area contributed by atoms with Crippen molar-refractivity contribution in [1.82, 2.24) is 9.55 Å². The zero-order chi connectivity index (χ0) is 33.7. The van der Waals surface area contributed by atoms with Gasteiger partial charge in [-0.05, 0) is 77.2 Å². The van der Waals surface area contributed by atoms with E-state index in [9.17, 15) is 0 Å². The predicted molar refractivity (Wildman–Crippen MR) is 211 cm³/mol. The average molecular weight is 654 g/mol. The minimum absolute atomic E-state index is 0.598. The highest BCUT2D eigenvalue weighted by molar-refractivity contribution is 6.13. The molecule has 0 fully saturated rings. The summed E-state index contributed by atoms with van der Waals surface area (Å²) in [5.74, 6) is 0.598. The number of anilines is 3. The van der Waals surface area contributed by atoms with Crippen LogP contribution in [0, 0.1) is 0 Å². The molecule has 240 valence electrons. The molecular weight excluding hydrogens is 623 g/mol. The molecule has 0 unspecified atom stereocenters. The Hall–Kier alpha value is -6.91. The Labute approximate surface area is 295 Å². The second kappa shape index (κ2) is 11.9. The van der Waals surface area contributed by atoms with Crippen molar-refractivity contribution in [2.45, 2.75) is 0 Å². The lowest BCUT2D eigenvalue weighted by Crippen LogP contribution is -2.11. The molecule has 0 saturated heterocycles. The van der Waals surface area contributed by atoms with E-state index in [1.165, 1.54) is 16.3 Å². The molecule has 2 aromatic heterocycles. The first-order valence-corrected chi connectivity index (χ1v) is 17.2. The minimum atomic E-state index is 0.598. The molecule has 0 aliphatic heterocycles. The van der Waals surface area contributed by atoms with Crippen LogP contribution in [0.2, 0.25) is 0 Å². The van der Waals surface area contributed by atoms with Gasteiger partial charge in [-0.2, -0.15) is 0 Å². The monoisotopic (exact) mass is 653 g/mol. The molecule has 4 nitrogen and oxygen atoms in total. The third kappa shape index (κ3) is 4.88. The quantitative estimate of drug-likeness (QED) is 0.179. The largest absolute Gasteiger partial charge is 0.435 e. The SMILES string of the molecule is c1ccc(-c2cccc(N(c3ccc4c5ccccc5n(-c5ccccc5)c4c3)c3cc4ccccc4c4oc(-c5ccccc5)nc34)c2)cc1. The van der Waals surface area contributed by atoms with Crippen LogP contribution in [-0.4, -0.2) is 9.55 Å². The van der Waals surface area contributed by atoms with Crippen molar-refractivity contribution in [2.75, 3.05) is 4.90 Å². The maximum atomic E-state index is 6.67. The maximum absolute atomic E-state index is 6.67. The van der Waals surface area contributed by atoms with Gasteiger partial charge in [-0.15, -0.1) is 0 Å². The normalized spacial score (nSPS) is 11.5. The molecule has 0 saturated carbocycles. The predicted octanol–water partition coefficient (Wildman–Crippen LogP) is 12.9. The van der Waals surface area contributed by atoms with E-state index in [4.69, 9.17) is 9.40 Å². The summed E-state index contributed by atoms with van der Waals surface area (Å²) in [6, 6.07) is 66.2. The summed E-state index contributed by atoms with van der Waals surface area (Å²) in [6.45, 7) is 0. The van der Waals surface area contributed by atoms with Gasteiger partial charge >= 0.3 is 0 Å². The Morgan fingerprint density at radius 2 is 1.08 bits per heavy atom. The van der Waals surface area contributed by atoms with Gasteiger partial charge in [0.15, 0.2) is 5.58 Å². The number of benzene rings is 8. The topological polar surface area (TPSA) is 34.2 Å². The maximum Gasteiger partial charge on any atom is 0.227 e. The Bertz CT molecular complexity index is 2850. The average Bonchev–Trinajstić information content (AvgIpc) is 3.80. The zero-order valence-electron chi connectivity index (χ0n) is 27.6. The van der Waals surface area contributed by atoms with Crippen molar-refractivity contribution in [1.29, 1.82) is 0 Å². The van der Waals surface area contributed by atoms with Crippen LogP contribution in [0.1, 0.15) is 0 Å². The van der Waals surface area contributed by atoms with Crippen LogP contribution in [0.3, 0.4) is 0 Å². The Kier molecular flexibility index (Phi) is 6.78. The van der Waals surface area contributed by atoms with Gasteiger partial charge < -0.3 is 13.9 Å². The van der Waals surface area contributed by atoms with Gasteiger partial charge in [-0.1, -0.05) is 127 Å². The second-order valence-electron chi connectivity index (χ2n) is 12.8. The van der Waals surface area contributed by atoms with Crippen LogP contribution in [0.15, 0.2) is 192 Å². The van der Waals surface area contributed by atoms with Crippen molar-refractivity contribution >= 4 is 60.7 Å². The fraction of sp³-hybridized carbons (Fsp3) is 0. The summed E-state index contributed by atoms with van der Waals surface area (Å²) in [4.78, 5) is 7.57. The van der Waals surface area contributed by atoms with Gasteiger partial charge in [0, 0.05) is 38.8 Å². The van der Waals surface area contributed by atoms with E-state index in [1.54, 1.807) is 0 Å². The molecule has 0 atom stereocenters. The van der Waals surface area contributed by atoms with Crippen LogP contribution in [-0.2, 0) is 0 Å². The Morgan fingerprint density at radius 3 is 1.88 bits per heavy atom. The molecule has 10 rings (SSSR count). The van der Waals surface area contributed by atoms with Crippen molar-refractivity contribution in [2.24, 2.45) is 0 Å². The first-order chi connectivity index (χ1) is 25.3. The lowest BCUT2D eigenvalue weighted by atomic mass is 10.0. The van der Waals surface area contributed by atoms with Crippen molar-refractivity contribution < 1.29 is 4.42 Å². The molecule has 51 heavy (non-hydrogen) atoms. The number of para-hydroxylation sites is 2. The molecule has 0 aliphatic carbocycles. The number of rotatable bonds is 6. The number of hydrogen-bond acceptors (Lipinski definition) is 3. The minimum Gasteiger partial charge on any atom is -0.435 e. The lowest BCUT2D eigenvalue weighted by molar-refractivity contribution is 0.623. The van der Waals surface area contributed by atoms with Gasteiger partial charge in [-0.3, -0.25) is 0 Å². The summed E-state index contributed by atoms with van der Waals surface area (Å²) in [5, 5.41) is 4.54. The number of fused-ring (bicyclic) bond motifs is 6. The smallest absolute Gasteiger partial charge is 0.227 e. The second-order valence-corrected chi connectivity index (χ2v) is 12.8. The highest BCUT2D eigenvalue weighted by Gasteiger charge is 2.23. The third-order valence-corrected chi connectivity index (χ3v) is 9.77. The number of oxazole rings is 1. The van der Waals surface area contributed by atoms with Crippen LogP contribution in [0.4, 0.5) is 17.1 Å². The first-order valence-electron chi connectivity index (χ1n) is 17.2. The highest BCUT2D eigenvalue weighted by atomic mass is 16.3. The van der Waals surface area contributed by atoms with Gasteiger partial charge in [0.2, 0.25) is 5.89 Å². The molecule has 0 N–H and O–H groups in total. The number of aromatic nitrogens is 2. The van der Waals surface area contributed by atoms with E-state index in [0.717, 1.165) is 66.8 Å². The van der Waals surface area contributed by atoms with Gasteiger partial charge in [-0.25, -0.2) is 4.98 Å². The Morgan fingerprint density at radius 1 is 0.451 bits per heavy atom. The summed E-state index contributed by atoms with van der Waals surface area (Å²) >= 11 is 0. The van der Waals surface area contributed by atoms with E-state index < -0.39 is 0 Å². The summed E-state index contributed by atoms with van der Waals surface area (Å²) in [6.07, 6.45) is 0. The third-order valence-electron chi connectivity index (χ3n) is 9.77. The Balaban J connectivity index is 1.28. The zero-order valence-corrected chi connectivity index (χ0v) is 27.6. The van der Waals surface area contributed by atoms with Crippen molar-refractivity contribution in [3.8, 4) is 28.3 Å². The van der Waals surface area contributed by atoms with Gasteiger partial charge in [0.1, 0.15) is 5.52 Å². The number of hydrogen-bond donors (Lipinski definition) is 0. The summed E-state index contributed by atoms with van der Waals surface area (Å²) < 4.78 is 9.04. The van der Waals surface area contributed by atoms with E-state index in [-0.39, 0.29) is 0 Å². The molecule has 0 aliphatic rings. The summed E-state index contributed by atoms with van der Waals surface area (Å²) in [5.41, 5.74) is 11.2. The molecule has 0 radical (unpaired) electrons. The standard InChI is InChI=1S/C47H31N3O/c1-4-15-32(16-5-1)34-20-14-23-37(29-34)49(38-27-28-41-40-25-12-13-26-42(40)50(43(41)31-38)36-21-8-3-9-22-36)44-30-35-19-10-11-24-39(35)46-45(44)48-47(51-46)33-17-6-2-7-18-33/h1-31H. The van der Waals surface area contributed by atoms with Crippen LogP contribution >= 0.6 is 0 Å².